The van der Waals surface area contributed by atoms with Gasteiger partial charge in [-0.05, 0) is 42.4 Å². The Morgan fingerprint density at radius 1 is 1.35 bits per heavy atom. The molecule has 1 aliphatic rings. The Balaban J connectivity index is 1.60. The SMILES string of the molecule is CC(C)c1ccc(-n2cnnc2SCC(=O)NCC2CC2)cc1. The van der Waals surface area contributed by atoms with Crippen LogP contribution in [0.3, 0.4) is 0 Å². The molecule has 1 amide bonds. The average molecular weight is 330 g/mol. The van der Waals surface area contributed by atoms with Gasteiger partial charge in [-0.25, -0.2) is 0 Å². The number of carbonyl (C=O) groups is 1. The molecule has 122 valence electrons. The molecule has 1 aromatic carbocycles. The Morgan fingerprint density at radius 3 is 2.74 bits per heavy atom. The summed E-state index contributed by atoms with van der Waals surface area (Å²) in [6, 6.07) is 8.37. The number of aromatic nitrogens is 3. The molecule has 6 heteroatoms. The van der Waals surface area contributed by atoms with E-state index in [2.05, 4.69) is 53.6 Å². The molecule has 0 aliphatic heterocycles. The highest BCUT2D eigenvalue weighted by molar-refractivity contribution is 7.99. The minimum atomic E-state index is 0.0617. The van der Waals surface area contributed by atoms with E-state index in [4.69, 9.17) is 0 Å². The summed E-state index contributed by atoms with van der Waals surface area (Å²) in [4.78, 5) is 11.8. The van der Waals surface area contributed by atoms with E-state index in [0.29, 0.717) is 17.6 Å². The molecule has 2 aromatic rings. The molecule has 1 aromatic heterocycles. The summed E-state index contributed by atoms with van der Waals surface area (Å²) in [5, 5.41) is 11.8. The summed E-state index contributed by atoms with van der Waals surface area (Å²) in [7, 11) is 0. The summed E-state index contributed by atoms with van der Waals surface area (Å²) in [6.45, 7) is 5.16. The van der Waals surface area contributed by atoms with Crippen LogP contribution in [-0.2, 0) is 4.79 Å². The van der Waals surface area contributed by atoms with Crippen molar-refractivity contribution in [2.24, 2.45) is 5.92 Å². The van der Waals surface area contributed by atoms with Gasteiger partial charge in [0.25, 0.3) is 0 Å². The number of nitrogens with zero attached hydrogens (tertiary/aromatic N) is 3. The Bertz CT molecular complexity index is 661. The van der Waals surface area contributed by atoms with Gasteiger partial charge in [-0.1, -0.05) is 37.7 Å². The van der Waals surface area contributed by atoms with Crippen molar-refractivity contribution in [1.82, 2.24) is 20.1 Å². The molecule has 0 atom stereocenters. The van der Waals surface area contributed by atoms with Crippen LogP contribution < -0.4 is 5.32 Å². The fraction of sp³-hybridized carbons (Fsp3) is 0.471. The summed E-state index contributed by atoms with van der Waals surface area (Å²) >= 11 is 1.42. The Morgan fingerprint density at radius 2 is 2.09 bits per heavy atom. The monoisotopic (exact) mass is 330 g/mol. The second kappa shape index (κ2) is 7.17. The third kappa shape index (κ3) is 4.34. The van der Waals surface area contributed by atoms with Crippen LogP contribution in [0.2, 0.25) is 0 Å². The van der Waals surface area contributed by atoms with Crippen LogP contribution in [0.25, 0.3) is 5.69 Å². The number of thioether (sulfide) groups is 1. The van der Waals surface area contributed by atoms with Crippen LogP contribution in [0.5, 0.6) is 0 Å². The maximum Gasteiger partial charge on any atom is 0.230 e. The second-order valence-corrected chi connectivity index (χ2v) is 7.21. The molecule has 3 rings (SSSR count). The van der Waals surface area contributed by atoms with E-state index in [9.17, 15) is 4.79 Å². The van der Waals surface area contributed by atoms with Gasteiger partial charge in [-0.15, -0.1) is 10.2 Å². The van der Waals surface area contributed by atoms with Gasteiger partial charge in [-0.2, -0.15) is 0 Å². The molecular weight excluding hydrogens is 308 g/mol. The third-order valence-electron chi connectivity index (χ3n) is 3.97. The molecule has 1 heterocycles. The second-order valence-electron chi connectivity index (χ2n) is 6.27. The van der Waals surface area contributed by atoms with Gasteiger partial charge >= 0.3 is 0 Å². The van der Waals surface area contributed by atoms with Gasteiger partial charge in [0.15, 0.2) is 5.16 Å². The van der Waals surface area contributed by atoms with Gasteiger partial charge in [-0.3, -0.25) is 9.36 Å². The van der Waals surface area contributed by atoms with Crippen molar-refractivity contribution in [3.05, 3.63) is 36.2 Å². The number of carbonyl (C=O) groups excluding carboxylic acids is 1. The van der Waals surface area contributed by atoms with E-state index in [-0.39, 0.29) is 5.91 Å². The zero-order valence-electron chi connectivity index (χ0n) is 13.5. The Labute approximate surface area is 140 Å². The minimum absolute atomic E-state index is 0.0617. The lowest BCUT2D eigenvalue weighted by atomic mass is 10.0. The third-order valence-corrected chi connectivity index (χ3v) is 4.91. The molecule has 1 aliphatic carbocycles. The molecule has 0 saturated heterocycles. The minimum Gasteiger partial charge on any atom is -0.355 e. The largest absolute Gasteiger partial charge is 0.355 e. The van der Waals surface area contributed by atoms with Crippen LogP contribution in [-0.4, -0.2) is 33.0 Å². The topological polar surface area (TPSA) is 59.8 Å². The van der Waals surface area contributed by atoms with Gasteiger partial charge in [0.05, 0.1) is 5.75 Å². The Kier molecular flexibility index (Phi) is 5.00. The summed E-state index contributed by atoms with van der Waals surface area (Å²) in [6.07, 6.45) is 4.18. The summed E-state index contributed by atoms with van der Waals surface area (Å²) < 4.78 is 1.92. The molecule has 0 unspecified atom stereocenters. The van der Waals surface area contributed by atoms with Crippen LogP contribution in [0.15, 0.2) is 35.7 Å². The standard InChI is InChI=1S/C17H22N4OS/c1-12(2)14-5-7-15(8-6-14)21-11-19-20-17(21)23-10-16(22)18-9-13-3-4-13/h5-8,11-13H,3-4,9-10H2,1-2H3,(H,18,22). The quantitative estimate of drug-likeness (QED) is 0.793. The van der Waals surface area contributed by atoms with Crippen LogP contribution in [0.4, 0.5) is 0 Å². The summed E-state index contributed by atoms with van der Waals surface area (Å²) in [5.41, 5.74) is 2.32. The first-order chi connectivity index (χ1) is 11.1. The first-order valence-electron chi connectivity index (χ1n) is 8.03. The van der Waals surface area contributed by atoms with Gasteiger partial charge in [0, 0.05) is 12.2 Å². The summed E-state index contributed by atoms with van der Waals surface area (Å²) in [5.74, 6) is 1.64. The van der Waals surface area contributed by atoms with E-state index < -0.39 is 0 Å². The molecule has 1 N–H and O–H groups in total. The van der Waals surface area contributed by atoms with Crippen LogP contribution in [0.1, 0.15) is 38.2 Å². The maximum atomic E-state index is 11.8. The molecular formula is C17H22N4OS. The first kappa shape index (κ1) is 16.1. The van der Waals surface area contributed by atoms with Crippen LogP contribution >= 0.6 is 11.8 Å². The van der Waals surface area contributed by atoms with Gasteiger partial charge in [0.1, 0.15) is 6.33 Å². The highest BCUT2D eigenvalue weighted by Gasteiger charge is 2.21. The fourth-order valence-electron chi connectivity index (χ4n) is 2.28. The average Bonchev–Trinajstić information content (AvgIpc) is 3.27. The normalized spacial score (nSPS) is 14.2. The van der Waals surface area contributed by atoms with Crippen molar-refractivity contribution < 1.29 is 4.79 Å². The van der Waals surface area contributed by atoms with Gasteiger partial charge in [0.2, 0.25) is 5.91 Å². The molecule has 0 radical (unpaired) electrons. The van der Waals surface area contributed by atoms with Crippen molar-refractivity contribution >= 4 is 17.7 Å². The number of hydrogen-bond acceptors (Lipinski definition) is 4. The van der Waals surface area contributed by atoms with Crippen molar-refractivity contribution in [3.63, 3.8) is 0 Å². The predicted molar refractivity (Wildman–Crippen MR) is 91.9 cm³/mol. The molecule has 1 saturated carbocycles. The van der Waals surface area contributed by atoms with E-state index in [1.165, 1.54) is 30.2 Å². The van der Waals surface area contributed by atoms with Gasteiger partial charge < -0.3 is 5.32 Å². The van der Waals surface area contributed by atoms with E-state index in [1.54, 1.807) is 6.33 Å². The zero-order chi connectivity index (χ0) is 16.2. The highest BCUT2D eigenvalue weighted by Crippen LogP contribution is 2.27. The van der Waals surface area contributed by atoms with E-state index >= 15 is 0 Å². The van der Waals surface area contributed by atoms with E-state index in [1.807, 2.05) is 4.57 Å². The van der Waals surface area contributed by atoms with E-state index in [0.717, 1.165) is 17.4 Å². The highest BCUT2D eigenvalue weighted by atomic mass is 32.2. The molecule has 23 heavy (non-hydrogen) atoms. The first-order valence-corrected chi connectivity index (χ1v) is 9.02. The lowest BCUT2D eigenvalue weighted by Crippen LogP contribution is -2.27. The lowest BCUT2D eigenvalue weighted by molar-refractivity contribution is -0.118. The van der Waals surface area contributed by atoms with Crippen molar-refractivity contribution in [2.45, 2.75) is 37.8 Å². The van der Waals surface area contributed by atoms with Crippen molar-refractivity contribution in [1.29, 1.82) is 0 Å². The molecule has 0 bridgehead atoms. The lowest BCUT2D eigenvalue weighted by Gasteiger charge is -2.09. The zero-order valence-corrected chi connectivity index (χ0v) is 14.3. The van der Waals surface area contributed by atoms with Crippen molar-refractivity contribution in [3.8, 4) is 5.69 Å². The molecule has 1 fully saturated rings. The molecule has 5 nitrogen and oxygen atoms in total. The number of amides is 1. The smallest absolute Gasteiger partial charge is 0.230 e. The number of nitrogens with one attached hydrogen (secondary N) is 1. The van der Waals surface area contributed by atoms with Crippen LogP contribution in [0, 0.1) is 5.92 Å². The number of rotatable bonds is 7. The molecule has 0 spiro atoms. The predicted octanol–water partition coefficient (Wildman–Crippen LogP) is 3.01. The fourth-order valence-corrected chi connectivity index (χ4v) is 3.04. The Hall–Kier alpha value is -1.82. The maximum absolute atomic E-state index is 11.8. The van der Waals surface area contributed by atoms with Crippen molar-refractivity contribution in [2.75, 3.05) is 12.3 Å². The number of benzene rings is 1. The number of hydrogen-bond donors (Lipinski definition) is 1.